The third-order valence-electron chi connectivity index (χ3n) is 4.71. The van der Waals surface area contributed by atoms with Crippen LogP contribution >= 0.6 is 0 Å². The van der Waals surface area contributed by atoms with Crippen molar-refractivity contribution in [3.05, 3.63) is 65.0 Å². The van der Waals surface area contributed by atoms with E-state index < -0.39 is 39.9 Å². The fourth-order valence-electron chi connectivity index (χ4n) is 2.92. The molecular weight excluding hydrogens is 427 g/mol. The highest BCUT2D eigenvalue weighted by atomic mass is 32.2. The average Bonchev–Trinajstić information content (AvgIpc) is 2.78. The minimum atomic E-state index is -3.91. The maximum atomic E-state index is 14.1. The molecule has 0 aliphatic carbocycles. The van der Waals surface area contributed by atoms with Gasteiger partial charge in [-0.1, -0.05) is 29.8 Å². The summed E-state index contributed by atoms with van der Waals surface area (Å²) in [6.45, 7) is 2.42. The standard InChI is InChI=1S/C21H23FN2O6S/c1-15-2-4-16(5-3-15)13-23-20(25)14-30-21(26)18-12-17(6-7-19(18)22)31(27,28)24-8-10-29-11-9-24/h2-7,12H,8-11,13-14H2,1H3,(H,23,25). The normalized spacial score (nSPS) is 14.8. The van der Waals surface area contributed by atoms with Crippen molar-refractivity contribution in [2.75, 3.05) is 32.9 Å². The first-order valence-corrected chi connectivity index (χ1v) is 11.1. The number of aryl methyl sites for hydroxylation is 1. The van der Waals surface area contributed by atoms with E-state index >= 15 is 0 Å². The van der Waals surface area contributed by atoms with Gasteiger partial charge in [-0.15, -0.1) is 0 Å². The highest BCUT2D eigenvalue weighted by Gasteiger charge is 2.28. The Bertz CT molecular complexity index is 1050. The van der Waals surface area contributed by atoms with Crippen molar-refractivity contribution in [2.24, 2.45) is 0 Å². The van der Waals surface area contributed by atoms with Gasteiger partial charge in [-0.05, 0) is 30.7 Å². The van der Waals surface area contributed by atoms with E-state index in [0.29, 0.717) is 0 Å². The number of amides is 1. The largest absolute Gasteiger partial charge is 0.452 e. The molecule has 0 spiro atoms. The van der Waals surface area contributed by atoms with Crippen LogP contribution < -0.4 is 5.32 Å². The van der Waals surface area contributed by atoms with E-state index in [1.54, 1.807) is 0 Å². The van der Waals surface area contributed by atoms with Gasteiger partial charge in [0.25, 0.3) is 5.91 Å². The number of carbonyl (C=O) groups is 2. The molecule has 10 heteroatoms. The first-order valence-electron chi connectivity index (χ1n) is 9.64. The number of halogens is 1. The van der Waals surface area contributed by atoms with Crippen molar-refractivity contribution in [3.63, 3.8) is 0 Å². The monoisotopic (exact) mass is 450 g/mol. The molecule has 8 nitrogen and oxygen atoms in total. The van der Waals surface area contributed by atoms with E-state index in [9.17, 15) is 22.4 Å². The van der Waals surface area contributed by atoms with Crippen molar-refractivity contribution in [1.29, 1.82) is 0 Å². The number of rotatable bonds is 7. The van der Waals surface area contributed by atoms with Crippen molar-refractivity contribution >= 4 is 21.9 Å². The number of sulfonamides is 1. The van der Waals surface area contributed by atoms with E-state index in [0.717, 1.165) is 29.3 Å². The van der Waals surface area contributed by atoms with Gasteiger partial charge in [0.05, 0.1) is 23.7 Å². The molecule has 1 aliphatic rings. The first-order chi connectivity index (χ1) is 14.8. The van der Waals surface area contributed by atoms with Crippen LogP contribution in [0.25, 0.3) is 0 Å². The number of hydrogen-bond donors (Lipinski definition) is 1. The number of ether oxygens (including phenoxy) is 2. The number of morpholine rings is 1. The van der Waals surface area contributed by atoms with Crippen molar-refractivity contribution in [1.82, 2.24) is 9.62 Å². The Morgan fingerprint density at radius 3 is 2.48 bits per heavy atom. The van der Waals surface area contributed by atoms with Gasteiger partial charge in [0.15, 0.2) is 6.61 Å². The van der Waals surface area contributed by atoms with Crippen LogP contribution in [0.15, 0.2) is 47.4 Å². The molecule has 0 saturated carbocycles. The molecule has 1 fully saturated rings. The Morgan fingerprint density at radius 2 is 1.81 bits per heavy atom. The molecule has 2 aromatic carbocycles. The predicted octanol–water partition coefficient (Wildman–Crippen LogP) is 1.63. The van der Waals surface area contributed by atoms with Gasteiger partial charge in [0.2, 0.25) is 10.0 Å². The second kappa shape index (κ2) is 9.99. The second-order valence-corrected chi connectivity index (χ2v) is 8.93. The Morgan fingerprint density at radius 1 is 1.13 bits per heavy atom. The zero-order valence-corrected chi connectivity index (χ0v) is 17.8. The van der Waals surface area contributed by atoms with Gasteiger partial charge in [-0.3, -0.25) is 4.79 Å². The van der Waals surface area contributed by atoms with Crippen molar-refractivity contribution in [3.8, 4) is 0 Å². The van der Waals surface area contributed by atoms with Crippen LogP contribution in [0.4, 0.5) is 4.39 Å². The summed E-state index contributed by atoms with van der Waals surface area (Å²) in [4.78, 5) is 24.0. The molecule has 0 unspecified atom stereocenters. The summed E-state index contributed by atoms with van der Waals surface area (Å²) in [7, 11) is -3.91. The second-order valence-electron chi connectivity index (χ2n) is 7.00. The SMILES string of the molecule is Cc1ccc(CNC(=O)COC(=O)c2cc(S(=O)(=O)N3CCOCC3)ccc2F)cc1. The molecule has 1 aliphatic heterocycles. The molecule has 0 atom stereocenters. The maximum absolute atomic E-state index is 14.1. The summed E-state index contributed by atoms with van der Waals surface area (Å²) in [5, 5.41) is 2.59. The summed E-state index contributed by atoms with van der Waals surface area (Å²) in [6.07, 6.45) is 0. The summed E-state index contributed by atoms with van der Waals surface area (Å²) in [5.41, 5.74) is 1.40. The lowest BCUT2D eigenvalue weighted by Gasteiger charge is -2.26. The molecule has 1 heterocycles. The molecule has 3 rings (SSSR count). The van der Waals surface area contributed by atoms with Crippen LogP contribution in [-0.2, 0) is 30.8 Å². The van der Waals surface area contributed by atoms with Gasteiger partial charge >= 0.3 is 5.97 Å². The lowest BCUT2D eigenvalue weighted by molar-refractivity contribution is -0.124. The smallest absolute Gasteiger partial charge is 0.341 e. The number of benzene rings is 2. The first kappa shape index (κ1) is 22.9. The summed E-state index contributed by atoms with van der Waals surface area (Å²) in [5.74, 6) is -2.63. The third-order valence-corrected chi connectivity index (χ3v) is 6.60. The van der Waals surface area contributed by atoms with E-state index in [1.807, 2.05) is 31.2 Å². The van der Waals surface area contributed by atoms with Gasteiger partial charge in [0.1, 0.15) is 5.82 Å². The molecule has 166 valence electrons. The Balaban J connectivity index is 1.61. The zero-order valence-electron chi connectivity index (χ0n) is 17.0. The molecule has 1 N–H and O–H groups in total. The van der Waals surface area contributed by atoms with E-state index in [4.69, 9.17) is 9.47 Å². The maximum Gasteiger partial charge on any atom is 0.341 e. The number of esters is 1. The zero-order chi connectivity index (χ0) is 22.4. The van der Waals surface area contributed by atoms with Crippen molar-refractivity contribution < 1.29 is 31.9 Å². The van der Waals surface area contributed by atoms with Crippen LogP contribution in [0.1, 0.15) is 21.5 Å². The fraction of sp³-hybridized carbons (Fsp3) is 0.333. The molecular formula is C21H23FN2O6S. The Hall–Kier alpha value is -2.82. The minimum absolute atomic E-state index is 0.167. The minimum Gasteiger partial charge on any atom is -0.452 e. The fourth-order valence-corrected chi connectivity index (χ4v) is 4.36. The van der Waals surface area contributed by atoms with Gasteiger partial charge in [-0.25, -0.2) is 17.6 Å². The molecule has 2 aromatic rings. The summed E-state index contributed by atoms with van der Waals surface area (Å²) in [6, 6.07) is 10.4. The lowest BCUT2D eigenvalue weighted by atomic mass is 10.1. The lowest BCUT2D eigenvalue weighted by Crippen LogP contribution is -2.40. The summed E-state index contributed by atoms with van der Waals surface area (Å²) >= 11 is 0. The average molecular weight is 450 g/mol. The van der Waals surface area contributed by atoms with Crippen LogP contribution in [0.3, 0.4) is 0 Å². The topological polar surface area (TPSA) is 102 Å². The number of carbonyl (C=O) groups excluding carboxylic acids is 2. The van der Waals surface area contributed by atoms with Crippen LogP contribution in [0.2, 0.25) is 0 Å². The van der Waals surface area contributed by atoms with Crippen LogP contribution in [0, 0.1) is 12.7 Å². The Kier molecular flexibility index (Phi) is 7.37. The molecule has 1 amide bonds. The van der Waals surface area contributed by atoms with Gasteiger partial charge < -0.3 is 14.8 Å². The third kappa shape index (κ3) is 5.87. The van der Waals surface area contributed by atoms with Crippen LogP contribution in [-0.4, -0.2) is 57.5 Å². The number of nitrogens with zero attached hydrogens (tertiary/aromatic N) is 1. The van der Waals surface area contributed by atoms with E-state index in [2.05, 4.69) is 5.32 Å². The quantitative estimate of drug-likeness (QED) is 0.644. The summed E-state index contributed by atoms with van der Waals surface area (Å²) < 4.78 is 50.8. The molecule has 1 saturated heterocycles. The predicted molar refractivity (Wildman–Crippen MR) is 109 cm³/mol. The number of hydrogen-bond acceptors (Lipinski definition) is 6. The van der Waals surface area contributed by atoms with Crippen molar-refractivity contribution in [2.45, 2.75) is 18.4 Å². The van der Waals surface area contributed by atoms with E-state index in [-0.39, 0.29) is 37.7 Å². The molecule has 0 aromatic heterocycles. The highest BCUT2D eigenvalue weighted by Crippen LogP contribution is 2.21. The Labute approximate surface area is 180 Å². The highest BCUT2D eigenvalue weighted by molar-refractivity contribution is 7.89. The van der Waals surface area contributed by atoms with Gasteiger partial charge in [-0.2, -0.15) is 4.31 Å². The molecule has 31 heavy (non-hydrogen) atoms. The van der Waals surface area contributed by atoms with Crippen LogP contribution in [0.5, 0.6) is 0 Å². The number of nitrogens with one attached hydrogen (secondary N) is 1. The van der Waals surface area contributed by atoms with Gasteiger partial charge in [0, 0.05) is 19.6 Å². The molecule has 0 radical (unpaired) electrons. The van der Waals surface area contributed by atoms with E-state index in [1.165, 1.54) is 4.31 Å². The molecule has 0 bridgehead atoms.